The molecule has 1 aromatic carbocycles. The molecule has 26 heavy (non-hydrogen) atoms. The molecule has 0 aromatic heterocycles. The van der Waals surface area contributed by atoms with Gasteiger partial charge in [0.05, 0.1) is 7.11 Å². The Hall–Kier alpha value is -2.13. The van der Waals surface area contributed by atoms with Crippen molar-refractivity contribution in [1.82, 2.24) is 10.0 Å². The fourth-order valence-electron chi connectivity index (χ4n) is 3.07. The van der Waals surface area contributed by atoms with Crippen LogP contribution in [0.4, 0.5) is 0 Å². The molecule has 0 radical (unpaired) electrons. The molecule has 0 heterocycles. The van der Waals surface area contributed by atoms with E-state index in [9.17, 15) is 23.1 Å². The number of methoxy groups -OCH3 is 1. The summed E-state index contributed by atoms with van der Waals surface area (Å²) in [5.74, 6) is -1.20. The van der Waals surface area contributed by atoms with Crippen molar-refractivity contribution in [2.24, 2.45) is 5.92 Å². The zero-order valence-electron chi connectivity index (χ0n) is 15.0. The summed E-state index contributed by atoms with van der Waals surface area (Å²) in [6, 6.07) is 3.96. The van der Waals surface area contributed by atoms with Gasteiger partial charge in [0.15, 0.2) is 0 Å². The highest BCUT2D eigenvalue weighted by atomic mass is 32.2. The van der Waals surface area contributed by atoms with Crippen LogP contribution in [0.15, 0.2) is 23.1 Å². The zero-order chi connectivity index (χ0) is 19.5. The number of benzene rings is 1. The zero-order valence-corrected chi connectivity index (χ0v) is 15.9. The van der Waals surface area contributed by atoms with Gasteiger partial charge >= 0.3 is 5.97 Å². The molecule has 144 valence electrons. The van der Waals surface area contributed by atoms with Crippen molar-refractivity contribution >= 4 is 21.9 Å². The molecule has 1 aliphatic rings. The van der Waals surface area contributed by atoms with E-state index in [-0.39, 0.29) is 16.2 Å². The fraction of sp³-hybridized carbons (Fsp3) is 0.529. The Kier molecular flexibility index (Phi) is 5.92. The number of hydrogen-bond acceptors (Lipinski definition) is 5. The topological polar surface area (TPSA) is 122 Å². The lowest BCUT2D eigenvalue weighted by Crippen LogP contribution is -2.56. The highest BCUT2D eigenvalue weighted by molar-refractivity contribution is 7.89. The van der Waals surface area contributed by atoms with Crippen LogP contribution in [-0.4, -0.2) is 45.1 Å². The maximum Gasteiger partial charge on any atom is 0.329 e. The lowest BCUT2D eigenvalue weighted by molar-refractivity contribution is -0.146. The molecule has 1 aliphatic carbocycles. The Morgan fingerprint density at radius 2 is 1.88 bits per heavy atom. The van der Waals surface area contributed by atoms with Crippen molar-refractivity contribution < 1.29 is 27.9 Å². The predicted molar refractivity (Wildman–Crippen MR) is 94.7 cm³/mol. The Morgan fingerprint density at radius 1 is 1.27 bits per heavy atom. The molecule has 1 aromatic rings. The van der Waals surface area contributed by atoms with Gasteiger partial charge in [-0.25, -0.2) is 17.9 Å². The minimum Gasteiger partial charge on any atom is -0.495 e. The first-order valence-electron chi connectivity index (χ1n) is 8.32. The second-order valence-electron chi connectivity index (χ2n) is 6.60. The molecule has 2 rings (SSSR count). The monoisotopic (exact) mass is 384 g/mol. The fourth-order valence-corrected chi connectivity index (χ4v) is 3.99. The number of carbonyl (C=O) groups excluding carboxylic acids is 1. The van der Waals surface area contributed by atoms with Crippen LogP contribution in [0.3, 0.4) is 0 Å². The normalized spacial score (nSPS) is 23.3. The number of carboxylic acid groups (broad SMARTS) is 1. The molecule has 1 fully saturated rings. The van der Waals surface area contributed by atoms with Crippen LogP contribution >= 0.6 is 0 Å². The lowest BCUT2D eigenvalue weighted by Gasteiger charge is -2.36. The van der Waals surface area contributed by atoms with Gasteiger partial charge in [-0.1, -0.05) is 6.92 Å². The molecule has 0 spiro atoms. The lowest BCUT2D eigenvalue weighted by atomic mass is 9.77. The third kappa shape index (κ3) is 3.99. The maximum absolute atomic E-state index is 12.6. The van der Waals surface area contributed by atoms with Crippen molar-refractivity contribution in [1.29, 1.82) is 0 Å². The molecular formula is C17H24N2O6S. The van der Waals surface area contributed by atoms with Gasteiger partial charge in [0.2, 0.25) is 10.0 Å². The number of rotatable bonds is 6. The second-order valence-corrected chi connectivity index (χ2v) is 8.45. The Labute approximate surface area is 153 Å². The van der Waals surface area contributed by atoms with E-state index in [1.54, 1.807) is 0 Å². The Balaban J connectivity index is 2.35. The van der Waals surface area contributed by atoms with Gasteiger partial charge in [-0.15, -0.1) is 0 Å². The van der Waals surface area contributed by atoms with E-state index in [4.69, 9.17) is 4.74 Å². The molecule has 0 bridgehead atoms. The first kappa shape index (κ1) is 20.2. The number of carboxylic acids is 1. The summed E-state index contributed by atoms with van der Waals surface area (Å²) in [5.41, 5.74) is -1.27. The number of nitrogens with one attached hydrogen (secondary N) is 2. The minimum atomic E-state index is -3.84. The van der Waals surface area contributed by atoms with Crippen LogP contribution in [0.5, 0.6) is 5.75 Å². The summed E-state index contributed by atoms with van der Waals surface area (Å²) < 4.78 is 31.5. The second kappa shape index (κ2) is 7.63. The summed E-state index contributed by atoms with van der Waals surface area (Å²) in [6.45, 7) is 2.05. The van der Waals surface area contributed by atoms with Crippen molar-refractivity contribution in [2.75, 3.05) is 14.2 Å². The average molecular weight is 384 g/mol. The number of aliphatic carboxylic acids is 1. The summed E-state index contributed by atoms with van der Waals surface area (Å²) in [7, 11) is -1.26. The number of amides is 1. The van der Waals surface area contributed by atoms with Gasteiger partial charge in [0.1, 0.15) is 16.2 Å². The van der Waals surface area contributed by atoms with E-state index in [1.807, 2.05) is 6.92 Å². The molecule has 0 atom stereocenters. The first-order chi connectivity index (χ1) is 12.1. The average Bonchev–Trinajstić information content (AvgIpc) is 2.62. The minimum absolute atomic E-state index is 0.0545. The van der Waals surface area contributed by atoms with Gasteiger partial charge in [-0.2, -0.15) is 0 Å². The third-order valence-electron chi connectivity index (χ3n) is 4.87. The summed E-state index contributed by atoms with van der Waals surface area (Å²) in [5, 5.41) is 12.2. The van der Waals surface area contributed by atoms with E-state index in [2.05, 4.69) is 10.0 Å². The van der Waals surface area contributed by atoms with Gasteiger partial charge in [0.25, 0.3) is 5.91 Å². The van der Waals surface area contributed by atoms with Crippen LogP contribution in [0, 0.1) is 5.92 Å². The van der Waals surface area contributed by atoms with Crippen LogP contribution in [-0.2, 0) is 14.8 Å². The van der Waals surface area contributed by atoms with Gasteiger partial charge < -0.3 is 15.2 Å². The molecular weight excluding hydrogens is 360 g/mol. The van der Waals surface area contributed by atoms with Gasteiger partial charge in [0, 0.05) is 5.56 Å². The van der Waals surface area contributed by atoms with E-state index in [0.717, 1.165) is 0 Å². The molecule has 3 N–H and O–H groups in total. The molecule has 1 amide bonds. The van der Waals surface area contributed by atoms with Crippen molar-refractivity contribution in [2.45, 2.75) is 43.0 Å². The first-order valence-corrected chi connectivity index (χ1v) is 9.81. The highest BCUT2D eigenvalue weighted by Gasteiger charge is 2.42. The largest absolute Gasteiger partial charge is 0.495 e. The smallest absolute Gasteiger partial charge is 0.329 e. The number of sulfonamides is 1. The summed E-state index contributed by atoms with van der Waals surface area (Å²) in [4.78, 5) is 24.2. The summed E-state index contributed by atoms with van der Waals surface area (Å²) in [6.07, 6.45) is 2.09. The van der Waals surface area contributed by atoms with E-state index in [0.29, 0.717) is 31.6 Å². The predicted octanol–water partition coefficient (Wildman–Crippen LogP) is 1.37. The SMILES string of the molecule is CNS(=O)(=O)c1cc(C(=O)NC2(C(=O)O)CCC(C)CC2)ccc1OC. The molecule has 0 aliphatic heterocycles. The molecule has 9 heteroatoms. The molecule has 0 unspecified atom stereocenters. The highest BCUT2D eigenvalue weighted by Crippen LogP contribution is 2.33. The van der Waals surface area contributed by atoms with Crippen molar-refractivity contribution in [3.05, 3.63) is 23.8 Å². The van der Waals surface area contributed by atoms with E-state index < -0.39 is 27.4 Å². The molecule has 1 saturated carbocycles. The Bertz CT molecular complexity index is 797. The maximum atomic E-state index is 12.6. The number of carbonyl (C=O) groups is 2. The number of hydrogen-bond donors (Lipinski definition) is 3. The van der Waals surface area contributed by atoms with Crippen LogP contribution < -0.4 is 14.8 Å². The van der Waals surface area contributed by atoms with Crippen LogP contribution in [0.1, 0.15) is 43.0 Å². The number of ether oxygens (including phenoxy) is 1. The quantitative estimate of drug-likeness (QED) is 0.681. The molecule has 0 saturated heterocycles. The third-order valence-corrected chi connectivity index (χ3v) is 6.31. The molecule has 8 nitrogen and oxygen atoms in total. The van der Waals surface area contributed by atoms with Gasteiger partial charge in [-0.3, -0.25) is 4.79 Å². The van der Waals surface area contributed by atoms with E-state index in [1.165, 1.54) is 32.4 Å². The van der Waals surface area contributed by atoms with E-state index >= 15 is 0 Å². The standard InChI is InChI=1S/C17H24N2O6S/c1-11-6-8-17(9-7-11,16(21)22)19-15(20)12-4-5-13(25-3)14(10-12)26(23,24)18-2/h4-5,10-11,18H,6-9H2,1-3H3,(H,19,20)(H,21,22). The van der Waals surface area contributed by atoms with Gasteiger partial charge in [-0.05, 0) is 56.8 Å². The van der Waals surface area contributed by atoms with Crippen LogP contribution in [0.2, 0.25) is 0 Å². The van der Waals surface area contributed by atoms with Crippen LogP contribution in [0.25, 0.3) is 0 Å². The Morgan fingerprint density at radius 3 is 2.38 bits per heavy atom. The van der Waals surface area contributed by atoms with Crippen molar-refractivity contribution in [3.8, 4) is 5.75 Å². The summed E-state index contributed by atoms with van der Waals surface area (Å²) >= 11 is 0. The van der Waals surface area contributed by atoms with Crippen molar-refractivity contribution in [3.63, 3.8) is 0 Å².